The van der Waals surface area contributed by atoms with E-state index in [1.807, 2.05) is 0 Å². The Morgan fingerprint density at radius 2 is 2.56 bits per heavy atom. The first-order chi connectivity index (χ1) is 8.81. The van der Waals surface area contributed by atoms with E-state index in [1.165, 1.54) is 23.7 Å². The number of hydrogen-bond acceptors (Lipinski definition) is 5. The van der Waals surface area contributed by atoms with E-state index in [4.69, 9.17) is 9.72 Å². The van der Waals surface area contributed by atoms with Crippen molar-refractivity contribution in [3.63, 3.8) is 0 Å². The second-order valence-corrected chi connectivity index (χ2v) is 6.26. The second-order valence-electron chi connectivity index (χ2n) is 5.31. The highest BCUT2D eigenvalue weighted by Crippen LogP contribution is 2.27. The molecule has 2 saturated heterocycles. The third-order valence-electron chi connectivity index (χ3n) is 3.79. The molecule has 0 aliphatic carbocycles. The standard InChI is InChI=1S/C13H21N3OS/c1-16-4-2-10(8-16)12-9-18-13(15-12)6-11-7-14-3-5-17-11/h9-11,14H,2-8H2,1H3. The second kappa shape index (κ2) is 5.65. The molecule has 0 saturated carbocycles. The summed E-state index contributed by atoms with van der Waals surface area (Å²) in [4.78, 5) is 7.19. The fourth-order valence-electron chi connectivity index (χ4n) is 2.73. The van der Waals surface area contributed by atoms with Crippen LogP contribution in [-0.2, 0) is 11.2 Å². The molecule has 2 unspecified atom stereocenters. The van der Waals surface area contributed by atoms with Crippen LogP contribution in [0.2, 0.25) is 0 Å². The van der Waals surface area contributed by atoms with Crippen molar-refractivity contribution in [1.82, 2.24) is 15.2 Å². The topological polar surface area (TPSA) is 37.4 Å². The number of aromatic nitrogens is 1. The maximum Gasteiger partial charge on any atom is 0.0954 e. The van der Waals surface area contributed by atoms with Gasteiger partial charge in [-0.1, -0.05) is 0 Å². The molecule has 2 fully saturated rings. The summed E-state index contributed by atoms with van der Waals surface area (Å²) in [6.45, 7) is 5.13. The highest BCUT2D eigenvalue weighted by Gasteiger charge is 2.24. The number of rotatable bonds is 3. The lowest BCUT2D eigenvalue weighted by Crippen LogP contribution is -2.39. The zero-order valence-corrected chi connectivity index (χ0v) is 11.7. The lowest BCUT2D eigenvalue weighted by Gasteiger charge is -2.22. The molecule has 0 spiro atoms. The van der Waals surface area contributed by atoms with Gasteiger partial charge in [-0.05, 0) is 20.0 Å². The van der Waals surface area contributed by atoms with Gasteiger partial charge < -0.3 is 15.0 Å². The molecule has 2 aliphatic rings. The van der Waals surface area contributed by atoms with Crippen LogP contribution >= 0.6 is 11.3 Å². The Morgan fingerprint density at radius 1 is 1.61 bits per heavy atom. The van der Waals surface area contributed by atoms with Gasteiger partial charge in [-0.2, -0.15) is 0 Å². The summed E-state index contributed by atoms with van der Waals surface area (Å²) in [5.74, 6) is 0.644. The molecule has 1 aromatic rings. The van der Waals surface area contributed by atoms with Crippen molar-refractivity contribution in [3.05, 3.63) is 16.1 Å². The molecule has 3 heterocycles. The molecule has 100 valence electrons. The van der Waals surface area contributed by atoms with Crippen molar-refractivity contribution in [2.24, 2.45) is 0 Å². The molecule has 5 heteroatoms. The SMILES string of the molecule is CN1CCC(c2csc(CC3CNCCO3)n2)C1. The molecule has 0 bridgehead atoms. The highest BCUT2D eigenvalue weighted by molar-refractivity contribution is 7.09. The van der Waals surface area contributed by atoms with E-state index in [1.54, 1.807) is 11.3 Å². The van der Waals surface area contributed by atoms with Gasteiger partial charge in [-0.3, -0.25) is 0 Å². The molecule has 0 radical (unpaired) electrons. The molecule has 0 aromatic carbocycles. The molecule has 2 atom stereocenters. The van der Waals surface area contributed by atoms with Gasteiger partial charge >= 0.3 is 0 Å². The van der Waals surface area contributed by atoms with Gasteiger partial charge in [0.05, 0.1) is 23.4 Å². The van der Waals surface area contributed by atoms with Crippen LogP contribution in [0.25, 0.3) is 0 Å². The summed E-state index contributed by atoms with van der Waals surface area (Å²) in [6, 6.07) is 0. The number of thiazole rings is 1. The Labute approximate surface area is 112 Å². The summed E-state index contributed by atoms with van der Waals surface area (Å²) in [5.41, 5.74) is 1.29. The monoisotopic (exact) mass is 267 g/mol. The van der Waals surface area contributed by atoms with Crippen molar-refractivity contribution in [2.75, 3.05) is 39.8 Å². The van der Waals surface area contributed by atoms with Gasteiger partial charge in [0.1, 0.15) is 0 Å². The smallest absolute Gasteiger partial charge is 0.0954 e. The van der Waals surface area contributed by atoms with Crippen LogP contribution in [0.1, 0.15) is 23.0 Å². The number of nitrogens with one attached hydrogen (secondary N) is 1. The van der Waals surface area contributed by atoms with E-state index in [2.05, 4.69) is 22.6 Å². The van der Waals surface area contributed by atoms with E-state index >= 15 is 0 Å². The number of likely N-dealkylation sites (tertiary alicyclic amines) is 1. The molecular formula is C13H21N3OS. The largest absolute Gasteiger partial charge is 0.375 e. The zero-order chi connectivity index (χ0) is 12.4. The fraction of sp³-hybridized carbons (Fsp3) is 0.769. The summed E-state index contributed by atoms with van der Waals surface area (Å²) < 4.78 is 5.73. The predicted molar refractivity (Wildman–Crippen MR) is 73.3 cm³/mol. The Morgan fingerprint density at radius 3 is 3.28 bits per heavy atom. The van der Waals surface area contributed by atoms with Crippen molar-refractivity contribution < 1.29 is 4.74 Å². The van der Waals surface area contributed by atoms with Gasteiger partial charge in [0.25, 0.3) is 0 Å². The Hall–Kier alpha value is -0.490. The van der Waals surface area contributed by atoms with Crippen LogP contribution in [0.5, 0.6) is 0 Å². The lowest BCUT2D eigenvalue weighted by molar-refractivity contribution is 0.0292. The fourth-order valence-corrected chi connectivity index (χ4v) is 3.67. The first-order valence-electron chi connectivity index (χ1n) is 6.76. The van der Waals surface area contributed by atoms with E-state index < -0.39 is 0 Å². The van der Waals surface area contributed by atoms with Gasteiger partial charge in [0.15, 0.2) is 0 Å². The van der Waals surface area contributed by atoms with Gasteiger partial charge in [-0.15, -0.1) is 11.3 Å². The van der Waals surface area contributed by atoms with E-state index in [-0.39, 0.29) is 0 Å². The number of morpholine rings is 1. The summed E-state index contributed by atoms with van der Waals surface area (Å²) >= 11 is 1.79. The first kappa shape index (κ1) is 12.5. The van der Waals surface area contributed by atoms with Gasteiger partial charge in [0, 0.05) is 37.4 Å². The van der Waals surface area contributed by atoms with Crippen molar-refractivity contribution in [2.45, 2.75) is 24.9 Å². The molecule has 1 aromatic heterocycles. The first-order valence-corrected chi connectivity index (χ1v) is 7.64. The summed E-state index contributed by atoms with van der Waals surface area (Å²) in [5, 5.41) is 6.84. The molecule has 0 amide bonds. The lowest BCUT2D eigenvalue weighted by atomic mass is 10.1. The highest BCUT2D eigenvalue weighted by atomic mass is 32.1. The minimum absolute atomic E-state index is 0.309. The molecule has 4 nitrogen and oxygen atoms in total. The number of hydrogen-bond donors (Lipinski definition) is 1. The minimum Gasteiger partial charge on any atom is -0.375 e. The van der Waals surface area contributed by atoms with E-state index in [0.717, 1.165) is 32.7 Å². The third-order valence-corrected chi connectivity index (χ3v) is 4.68. The number of likely N-dealkylation sites (N-methyl/N-ethyl adjacent to an activating group) is 1. The summed E-state index contributed by atoms with van der Waals surface area (Å²) in [7, 11) is 2.19. The predicted octanol–water partition coefficient (Wildman–Crippen LogP) is 1.09. The molecular weight excluding hydrogens is 246 g/mol. The average molecular weight is 267 g/mol. The van der Waals surface area contributed by atoms with Crippen LogP contribution in [0, 0.1) is 0 Å². The van der Waals surface area contributed by atoms with Crippen molar-refractivity contribution in [1.29, 1.82) is 0 Å². The Balaban J connectivity index is 1.59. The van der Waals surface area contributed by atoms with Crippen molar-refractivity contribution >= 4 is 11.3 Å². The quantitative estimate of drug-likeness (QED) is 0.890. The number of nitrogens with zero attached hydrogens (tertiary/aromatic N) is 2. The maximum absolute atomic E-state index is 5.73. The normalized spacial score (nSPS) is 29.8. The van der Waals surface area contributed by atoms with Crippen LogP contribution in [0.4, 0.5) is 0 Å². The molecule has 18 heavy (non-hydrogen) atoms. The van der Waals surface area contributed by atoms with E-state index in [9.17, 15) is 0 Å². The zero-order valence-electron chi connectivity index (χ0n) is 10.9. The Bertz CT molecular complexity index is 389. The third kappa shape index (κ3) is 2.91. The van der Waals surface area contributed by atoms with Crippen molar-refractivity contribution in [3.8, 4) is 0 Å². The van der Waals surface area contributed by atoms with E-state index in [0.29, 0.717) is 12.0 Å². The van der Waals surface area contributed by atoms with Crippen LogP contribution in [-0.4, -0.2) is 55.8 Å². The Kier molecular flexibility index (Phi) is 3.94. The maximum atomic E-state index is 5.73. The number of ether oxygens (including phenoxy) is 1. The minimum atomic E-state index is 0.309. The summed E-state index contributed by atoms with van der Waals surface area (Å²) in [6.07, 6.45) is 2.52. The molecule has 3 rings (SSSR count). The van der Waals surface area contributed by atoms with Crippen LogP contribution in [0.15, 0.2) is 5.38 Å². The average Bonchev–Trinajstić information content (AvgIpc) is 2.99. The van der Waals surface area contributed by atoms with Crippen LogP contribution in [0.3, 0.4) is 0 Å². The molecule has 1 N–H and O–H groups in total. The van der Waals surface area contributed by atoms with Gasteiger partial charge in [0.2, 0.25) is 0 Å². The van der Waals surface area contributed by atoms with Gasteiger partial charge in [-0.25, -0.2) is 4.98 Å². The van der Waals surface area contributed by atoms with Crippen LogP contribution < -0.4 is 5.32 Å². The molecule has 2 aliphatic heterocycles.